The summed E-state index contributed by atoms with van der Waals surface area (Å²) in [5, 5.41) is 13.0. The Morgan fingerprint density at radius 1 is 1.34 bits per heavy atom. The van der Waals surface area contributed by atoms with Crippen LogP contribution >= 0.6 is 0 Å². The second-order valence-electron chi connectivity index (χ2n) is 7.87. The summed E-state index contributed by atoms with van der Waals surface area (Å²) in [6.07, 6.45) is -1.76. The smallest absolute Gasteiger partial charge is 0.398 e. The van der Waals surface area contributed by atoms with Gasteiger partial charge in [-0.1, -0.05) is 6.07 Å². The summed E-state index contributed by atoms with van der Waals surface area (Å²) < 4.78 is 50.4. The predicted octanol–water partition coefficient (Wildman–Crippen LogP) is 2.93. The third-order valence-electron chi connectivity index (χ3n) is 4.29. The molecule has 0 radical (unpaired) electrons. The summed E-state index contributed by atoms with van der Waals surface area (Å²) in [6, 6.07) is 5.88. The van der Waals surface area contributed by atoms with Crippen molar-refractivity contribution in [3.8, 4) is 0 Å². The normalized spacial score (nSPS) is 14.3. The third-order valence-corrected chi connectivity index (χ3v) is 5.33. The second-order valence-corrected chi connectivity index (χ2v) is 10.6. The van der Waals surface area contributed by atoms with Gasteiger partial charge in [-0.15, -0.1) is 0 Å². The van der Waals surface area contributed by atoms with Crippen molar-refractivity contribution in [3.63, 3.8) is 0 Å². The largest absolute Gasteiger partial charge is 0.433 e. The molecule has 0 aliphatic heterocycles. The van der Waals surface area contributed by atoms with Crippen molar-refractivity contribution in [1.82, 2.24) is 4.98 Å². The quantitative estimate of drug-likeness (QED) is 0.327. The zero-order valence-electron chi connectivity index (χ0n) is 17.9. The van der Waals surface area contributed by atoms with Crippen molar-refractivity contribution in [2.45, 2.75) is 25.6 Å². The molecule has 2 aromatic rings. The SMILES string of the molecule is C=S(C)(=O)CCN=Cc1cc(NC(=O)c2cccc(C(F)(F)F)n2)c(C(C)(C)O)cc1N. The van der Waals surface area contributed by atoms with Crippen LogP contribution < -0.4 is 11.1 Å². The fraction of sp³-hybridized carbons (Fsp3) is 0.333. The molecular formula is C21H25F3N4O3S. The van der Waals surface area contributed by atoms with Gasteiger partial charge in [0, 0.05) is 47.3 Å². The first-order valence-corrected chi connectivity index (χ1v) is 11.7. The van der Waals surface area contributed by atoms with Crippen LogP contribution in [0.3, 0.4) is 0 Å². The Morgan fingerprint density at radius 3 is 2.56 bits per heavy atom. The van der Waals surface area contributed by atoms with Gasteiger partial charge >= 0.3 is 6.18 Å². The highest BCUT2D eigenvalue weighted by Crippen LogP contribution is 2.32. The van der Waals surface area contributed by atoms with Crippen molar-refractivity contribution in [2.24, 2.45) is 4.99 Å². The Bertz CT molecular complexity index is 1140. The van der Waals surface area contributed by atoms with Gasteiger partial charge < -0.3 is 16.2 Å². The first-order chi connectivity index (χ1) is 14.6. The number of hydrogen-bond donors (Lipinski definition) is 3. The summed E-state index contributed by atoms with van der Waals surface area (Å²) in [5.41, 5.74) is 4.02. The molecule has 1 aromatic heterocycles. The van der Waals surface area contributed by atoms with Crippen molar-refractivity contribution < 1.29 is 27.3 Å². The molecule has 0 aliphatic carbocycles. The highest BCUT2D eigenvalue weighted by Gasteiger charge is 2.33. The lowest BCUT2D eigenvalue weighted by Crippen LogP contribution is -2.23. The molecule has 174 valence electrons. The van der Waals surface area contributed by atoms with E-state index in [4.69, 9.17) is 5.73 Å². The van der Waals surface area contributed by atoms with Crippen LogP contribution in [0.4, 0.5) is 24.5 Å². The Balaban J connectivity index is 2.40. The minimum atomic E-state index is -4.70. The maximum absolute atomic E-state index is 12.9. The van der Waals surface area contributed by atoms with Gasteiger partial charge in [-0.2, -0.15) is 13.2 Å². The highest BCUT2D eigenvalue weighted by molar-refractivity contribution is 7.99. The van der Waals surface area contributed by atoms with Crippen LogP contribution in [0.5, 0.6) is 0 Å². The van der Waals surface area contributed by atoms with Gasteiger partial charge in [0.25, 0.3) is 5.91 Å². The number of aromatic nitrogens is 1. The van der Waals surface area contributed by atoms with E-state index in [0.29, 0.717) is 5.56 Å². The van der Waals surface area contributed by atoms with Crippen molar-refractivity contribution >= 4 is 38.9 Å². The number of hydrogen-bond acceptors (Lipinski definition) is 6. The number of halogens is 3. The molecule has 1 amide bonds. The van der Waals surface area contributed by atoms with E-state index >= 15 is 0 Å². The zero-order chi connectivity index (χ0) is 24.3. The lowest BCUT2D eigenvalue weighted by atomic mass is 9.94. The first-order valence-electron chi connectivity index (χ1n) is 9.39. The molecule has 4 N–H and O–H groups in total. The molecular weight excluding hydrogens is 445 g/mol. The van der Waals surface area contributed by atoms with Gasteiger partial charge in [0.05, 0.1) is 5.60 Å². The number of aliphatic imine (C=N–C) groups is 1. The Kier molecular flexibility index (Phi) is 7.36. The standard InChI is InChI=1S/C21H25F3N4O3S/c1-20(2,30)14-11-15(25)13(12-26-8-9-32(3,4)31)10-17(14)28-19(29)16-6-5-7-18(27-16)21(22,23)24/h5-7,10-12,30H,3,8-9,25H2,1-2,4H3,(H,28,29). The van der Waals surface area contributed by atoms with E-state index in [-0.39, 0.29) is 29.2 Å². The lowest BCUT2D eigenvalue weighted by molar-refractivity contribution is -0.141. The van der Waals surface area contributed by atoms with Crippen LogP contribution in [0.15, 0.2) is 35.3 Å². The minimum absolute atomic E-state index is 0.133. The number of amides is 1. The highest BCUT2D eigenvalue weighted by atomic mass is 32.2. The topological polar surface area (TPSA) is 118 Å². The number of carbonyl (C=O) groups is 1. The number of nitrogens with zero attached hydrogens (tertiary/aromatic N) is 2. The van der Waals surface area contributed by atoms with Gasteiger partial charge in [-0.25, -0.2) is 4.98 Å². The Hall–Kier alpha value is -2.92. The molecule has 1 atom stereocenters. The monoisotopic (exact) mass is 470 g/mol. The fourth-order valence-electron chi connectivity index (χ4n) is 2.67. The molecule has 1 aromatic carbocycles. The Labute approximate surface area is 184 Å². The Morgan fingerprint density at radius 2 is 2.00 bits per heavy atom. The van der Waals surface area contributed by atoms with E-state index in [0.717, 1.165) is 18.2 Å². The molecule has 0 saturated heterocycles. The number of anilines is 2. The van der Waals surface area contributed by atoms with Gasteiger partial charge in [0.15, 0.2) is 0 Å². The minimum Gasteiger partial charge on any atom is -0.398 e. The number of benzene rings is 1. The average Bonchev–Trinajstić information content (AvgIpc) is 2.65. The number of aliphatic hydroxyl groups is 1. The average molecular weight is 471 g/mol. The molecule has 7 nitrogen and oxygen atoms in total. The van der Waals surface area contributed by atoms with Crippen molar-refractivity contribution in [1.29, 1.82) is 0 Å². The third kappa shape index (κ3) is 7.06. The van der Waals surface area contributed by atoms with E-state index in [2.05, 4.69) is 21.2 Å². The summed E-state index contributed by atoms with van der Waals surface area (Å²) in [4.78, 5) is 20.1. The van der Waals surface area contributed by atoms with Crippen LogP contribution in [-0.2, 0) is 21.3 Å². The van der Waals surface area contributed by atoms with Gasteiger partial charge in [-0.05, 0) is 53.5 Å². The van der Waals surface area contributed by atoms with Gasteiger partial charge in [-0.3, -0.25) is 14.0 Å². The number of alkyl halides is 3. The number of pyridine rings is 1. The maximum Gasteiger partial charge on any atom is 0.433 e. The summed E-state index contributed by atoms with van der Waals surface area (Å²) in [5.74, 6) is 2.93. The lowest BCUT2D eigenvalue weighted by Gasteiger charge is -2.23. The van der Waals surface area contributed by atoms with Crippen LogP contribution in [-0.4, -0.2) is 50.8 Å². The van der Waals surface area contributed by atoms with E-state index in [9.17, 15) is 27.3 Å². The molecule has 1 unspecified atom stereocenters. The molecule has 1 heterocycles. The summed E-state index contributed by atoms with van der Waals surface area (Å²) >= 11 is 0. The van der Waals surface area contributed by atoms with E-state index in [1.54, 1.807) is 0 Å². The fourth-order valence-corrected chi connectivity index (χ4v) is 3.16. The first kappa shape index (κ1) is 25.3. The zero-order valence-corrected chi connectivity index (χ0v) is 18.7. The molecule has 11 heteroatoms. The molecule has 32 heavy (non-hydrogen) atoms. The molecule has 0 saturated carbocycles. The number of nitrogen functional groups attached to an aromatic ring is 1. The van der Waals surface area contributed by atoms with Crippen molar-refractivity contribution in [2.75, 3.05) is 29.6 Å². The molecule has 2 rings (SSSR count). The molecule has 0 bridgehead atoms. The van der Waals surface area contributed by atoms with Crippen LogP contribution in [0.2, 0.25) is 0 Å². The van der Waals surface area contributed by atoms with Crippen molar-refractivity contribution in [3.05, 3.63) is 52.8 Å². The van der Waals surface area contributed by atoms with Crippen LogP contribution in [0.1, 0.15) is 41.2 Å². The number of carbonyl (C=O) groups excluding carboxylic acids is 1. The van der Waals surface area contributed by atoms with E-state index < -0.39 is 38.6 Å². The maximum atomic E-state index is 12.9. The molecule has 0 aliphatic rings. The van der Waals surface area contributed by atoms with Gasteiger partial charge in [0.2, 0.25) is 0 Å². The second kappa shape index (κ2) is 9.29. The predicted molar refractivity (Wildman–Crippen MR) is 122 cm³/mol. The summed E-state index contributed by atoms with van der Waals surface area (Å²) in [7, 11) is -2.21. The number of nitrogens with one attached hydrogen (secondary N) is 1. The van der Waals surface area contributed by atoms with E-state index in [1.165, 1.54) is 38.5 Å². The van der Waals surface area contributed by atoms with Crippen LogP contribution in [0, 0.1) is 0 Å². The molecule has 0 spiro atoms. The number of nitrogens with two attached hydrogens (primary N) is 1. The van der Waals surface area contributed by atoms with Crippen LogP contribution in [0.25, 0.3) is 0 Å². The van der Waals surface area contributed by atoms with E-state index in [1.807, 2.05) is 0 Å². The van der Waals surface area contributed by atoms with Gasteiger partial charge in [0.1, 0.15) is 11.4 Å². The number of rotatable bonds is 7. The molecule has 0 fully saturated rings. The summed E-state index contributed by atoms with van der Waals surface area (Å²) in [6.45, 7) is 3.18.